The summed E-state index contributed by atoms with van der Waals surface area (Å²) in [6.45, 7) is 5.20. The zero-order chi connectivity index (χ0) is 16.1. The number of likely N-dealkylation sites (tertiary alicyclic amines) is 1. The first-order chi connectivity index (χ1) is 11.2. The van der Waals surface area contributed by atoms with Gasteiger partial charge >= 0.3 is 5.97 Å². The Hall–Kier alpha value is -1.35. The van der Waals surface area contributed by atoms with Gasteiger partial charge in [0.1, 0.15) is 6.10 Å². The highest BCUT2D eigenvalue weighted by molar-refractivity contribution is 5.78. The Bertz CT molecular complexity index is 490. The zero-order valence-electron chi connectivity index (χ0n) is 14.2. The van der Waals surface area contributed by atoms with Crippen LogP contribution in [-0.4, -0.2) is 36.6 Å². The average Bonchev–Trinajstić information content (AvgIpc) is 3.22. The Morgan fingerprint density at radius 3 is 2.43 bits per heavy atom. The molecule has 3 rings (SSSR count). The summed E-state index contributed by atoms with van der Waals surface area (Å²) in [5.74, 6) is 0.346. The molecule has 0 unspecified atom stereocenters. The molecule has 0 bridgehead atoms. The van der Waals surface area contributed by atoms with Gasteiger partial charge in [-0.1, -0.05) is 43.2 Å². The number of benzene rings is 1. The lowest BCUT2D eigenvalue weighted by Gasteiger charge is -2.26. The lowest BCUT2D eigenvalue weighted by atomic mass is 9.85. The van der Waals surface area contributed by atoms with Gasteiger partial charge in [-0.05, 0) is 57.2 Å². The Balaban J connectivity index is 1.64. The first kappa shape index (κ1) is 16.5. The van der Waals surface area contributed by atoms with Crippen LogP contribution in [0.25, 0.3) is 0 Å². The maximum atomic E-state index is 12.9. The molecule has 3 nitrogen and oxygen atoms in total. The molecule has 2 fully saturated rings. The van der Waals surface area contributed by atoms with E-state index < -0.39 is 0 Å². The van der Waals surface area contributed by atoms with Crippen LogP contribution in [0.3, 0.4) is 0 Å². The molecule has 2 atom stereocenters. The van der Waals surface area contributed by atoms with Gasteiger partial charge in [0, 0.05) is 6.54 Å². The van der Waals surface area contributed by atoms with Crippen molar-refractivity contribution in [1.82, 2.24) is 4.90 Å². The second-order valence-electron chi connectivity index (χ2n) is 7.19. The van der Waals surface area contributed by atoms with Crippen molar-refractivity contribution in [3.8, 4) is 0 Å². The summed E-state index contributed by atoms with van der Waals surface area (Å²) in [4.78, 5) is 15.3. The van der Waals surface area contributed by atoms with Gasteiger partial charge in [0.15, 0.2) is 0 Å². The maximum Gasteiger partial charge on any atom is 0.314 e. The first-order valence-electron chi connectivity index (χ1n) is 9.22. The van der Waals surface area contributed by atoms with Crippen LogP contribution in [0.2, 0.25) is 0 Å². The third-order valence-electron chi connectivity index (χ3n) is 5.32. The molecule has 1 aliphatic heterocycles. The summed E-state index contributed by atoms with van der Waals surface area (Å²) in [5.41, 5.74) is 1.12. The SMILES string of the molecule is C[C@H](CN1CCCC1)OC(=O)[C@@H](c1ccccc1)C1CCCC1. The molecule has 0 spiro atoms. The standard InChI is InChI=1S/C20H29NO2/c1-16(15-21-13-7-8-14-21)23-20(22)19(18-11-5-6-12-18)17-9-3-2-4-10-17/h2-4,9-10,16,18-19H,5-8,11-15H2,1H3/t16-,19+/m1/s1. The van der Waals surface area contributed by atoms with Crippen LogP contribution in [0, 0.1) is 5.92 Å². The second kappa shape index (κ2) is 7.96. The topological polar surface area (TPSA) is 29.5 Å². The molecule has 0 N–H and O–H groups in total. The van der Waals surface area contributed by atoms with Crippen LogP contribution in [0.4, 0.5) is 0 Å². The molecule has 0 aromatic heterocycles. The van der Waals surface area contributed by atoms with E-state index in [1.807, 2.05) is 25.1 Å². The van der Waals surface area contributed by atoms with Gasteiger partial charge in [0.2, 0.25) is 0 Å². The molecular weight excluding hydrogens is 286 g/mol. The van der Waals surface area contributed by atoms with Crippen LogP contribution in [0.15, 0.2) is 30.3 Å². The van der Waals surface area contributed by atoms with Crippen molar-refractivity contribution in [2.45, 2.75) is 57.5 Å². The third-order valence-corrected chi connectivity index (χ3v) is 5.32. The van der Waals surface area contributed by atoms with Gasteiger partial charge in [-0.2, -0.15) is 0 Å². The largest absolute Gasteiger partial charge is 0.461 e. The normalized spacial score (nSPS) is 22.1. The fourth-order valence-corrected chi connectivity index (χ4v) is 4.19. The van der Waals surface area contributed by atoms with E-state index in [-0.39, 0.29) is 18.0 Å². The second-order valence-corrected chi connectivity index (χ2v) is 7.19. The van der Waals surface area contributed by atoms with Gasteiger partial charge in [-0.25, -0.2) is 0 Å². The fraction of sp³-hybridized carbons (Fsp3) is 0.650. The van der Waals surface area contributed by atoms with E-state index in [0.29, 0.717) is 5.92 Å². The smallest absolute Gasteiger partial charge is 0.314 e. The Morgan fingerprint density at radius 1 is 1.13 bits per heavy atom. The molecule has 126 valence electrons. The van der Waals surface area contributed by atoms with E-state index in [1.54, 1.807) is 0 Å². The third kappa shape index (κ3) is 4.35. The molecule has 1 heterocycles. The summed E-state index contributed by atoms with van der Waals surface area (Å²) in [6.07, 6.45) is 7.30. The molecular formula is C20H29NO2. The van der Waals surface area contributed by atoms with Crippen LogP contribution in [-0.2, 0) is 9.53 Å². The number of rotatable bonds is 6. The molecule has 1 aromatic rings. The summed E-state index contributed by atoms with van der Waals surface area (Å²) in [5, 5.41) is 0. The van der Waals surface area contributed by atoms with E-state index >= 15 is 0 Å². The molecule has 1 aliphatic carbocycles. The summed E-state index contributed by atoms with van der Waals surface area (Å²) < 4.78 is 5.86. The number of ether oxygens (including phenoxy) is 1. The first-order valence-corrected chi connectivity index (χ1v) is 9.22. The fourth-order valence-electron chi connectivity index (χ4n) is 4.19. The highest BCUT2D eigenvalue weighted by Crippen LogP contribution is 2.38. The number of nitrogens with zero attached hydrogens (tertiary/aromatic N) is 1. The molecule has 2 aliphatic rings. The number of hydrogen-bond acceptors (Lipinski definition) is 3. The van der Waals surface area contributed by atoms with Crippen LogP contribution >= 0.6 is 0 Å². The quantitative estimate of drug-likeness (QED) is 0.744. The molecule has 1 saturated heterocycles. The summed E-state index contributed by atoms with van der Waals surface area (Å²) in [7, 11) is 0. The van der Waals surface area contributed by atoms with Crippen molar-refractivity contribution >= 4 is 5.97 Å². The number of hydrogen-bond donors (Lipinski definition) is 0. The lowest BCUT2D eigenvalue weighted by molar-refractivity contribution is -0.152. The van der Waals surface area contributed by atoms with Crippen molar-refractivity contribution < 1.29 is 9.53 Å². The lowest BCUT2D eigenvalue weighted by Crippen LogP contribution is -2.33. The van der Waals surface area contributed by atoms with Gasteiger partial charge in [0.25, 0.3) is 0 Å². The minimum Gasteiger partial charge on any atom is -0.461 e. The van der Waals surface area contributed by atoms with Crippen molar-refractivity contribution in [1.29, 1.82) is 0 Å². The maximum absolute atomic E-state index is 12.9. The highest BCUT2D eigenvalue weighted by atomic mass is 16.5. The van der Waals surface area contributed by atoms with E-state index in [1.165, 1.54) is 25.7 Å². The summed E-state index contributed by atoms with van der Waals surface area (Å²) in [6, 6.07) is 10.2. The van der Waals surface area contributed by atoms with Gasteiger partial charge in [-0.15, -0.1) is 0 Å². The molecule has 23 heavy (non-hydrogen) atoms. The molecule has 0 radical (unpaired) electrons. The Kier molecular flexibility index (Phi) is 5.71. The average molecular weight is 315 g/mol. The Morgan fingerprint density at radius 2 is 1.78 bits per heavy atom. The van der Waals surface area contributed by atoms with E-state index in [4.69, 9.17) is 4.74 Å². The van der Waals surface area contributed by atoms with E-state index in [9.17, 15) is 4.79 Å². The minimum atomic E-state index is -0.0836. The number of esters is 1. The monoisotopic (exact) mass is 315 g/mol. The number of carbonyl (C=O) groups is 1. The van der Waals surface area contributed by atoms with Gasteiger partial charge in [0.05, 0.1) is 5.92 Å². The highest BCUT2D eigenvalue weighted by Gasteiger charge is 2.34. The predicted molar refractivity (Wildman–Crippen MR) is 92.4 cm³/mol. The zero-order valence-corrected chi connectivity index (χ0v) is 14.2. The van der Waals surface area contributed by atoms with E-state index in [0.717, 1.165) is 38.0 Å². The van der Waals surface area contributed by atoms with Crippen molar-refractivity contribution in [2.75, 3.05) is 19.6 Å². The van der Waals surface area contributed by atoms with Gasteiger partial charge < -0.3 is 4.74 Å². The molecule has 1 saturated carbocycles. The van der Waals surface area contributed by atoms with Crippen molar-refractivity contribution in [3.63, 3.8) is 0 Å². The molecule has 3 heteroatoms. The van der Waals surface area contributed by atoms with Crippen molar-refractivity contribution in [3.05, 3.63) is 35.9 Å². The predicted octanol–water partition coefficient (Wildman–Crippen LogP) is 3.99. The molecule has 1 aromatic carbocycles. The Labute approximate surface area is 140 Å². The minimum absolute atomic E-state index is 0.0187. The van der Waals surface area contributed by atoms with Crippen molar-refractivity contribution in [2.24, 2.45) is 5.92 Å². The van der Waals surface area contributed by atoms with Gasteiger partial charge in [-0.3, -0.25) is 9.69 Å². The number of carbonyl (C=O) groups excluding carboxylic acids is 1. The summed E-state index contributed by atoms with van der Waals surface area (Å²) >= 11 is 0. The van der Waals surface area contributed by atoms with E-state index in [2.05, 4.69) is 17.0 Å². The molecule has 0 amide bonds. The van der Waals surface area contributed by atoms with Crippen LogP contribution < -0.4 is 0 Å². The van der Waals surface area contributed by atoms with Crippen LogP contribution in [0.5, 0.6) is 0 Å². The van der Waals surface area contributed by atoms with Crippen LogP contribution in [0.1, 0.15) is 56.9 Å².